The number of allylic oxidation sites excluding steroid dienone is 1. The number of hydrogen-bond acceptors (Lipinski definition) is 1. The van der Waals surface area contributed by atoms with E-state index in [1.807, 2.05) is 0 Å². The van der Waals surface area contributed by atoms with E-state index in [4.69, 9.17) is 23.2 Å². The lowest BCUT2D eigenvalue weighted by Crippen LogP contribution is -1.95. The number of hydrogen-bond donors (Lipinski definition) is 0. The summed E-state index contributed by atoms with van der Waals surface area (Å²) in [5.74, 6) is -0.397. The summed E-state index contributed by atoms with van der Waals surface area (Å²) >= 11 is 10.2. The lowest BCUT2D eigenvalue weighted by Gasteiger charge is -1.83. The molecule has 0 spiro atoms. The van der Waals surface area contributed by atoms with Gasteiger partial charge in [0.25, 0.3) is 0 Å². The van der Waals surface area contributed by atoms with Crippen molar-refractivity contribution in [2.45, 2.75) is 0 Å². The molecule has 0 amide bonds. The molecule has 0 aromatic heterocycles. The smallest absolute Gasteiger partial charge is 0.188 e. The Bertz CT molecular complexity index is 97.9. The Kier molecular flexibility index (Phi) is 3.05. The van der Waals surface area contributed by atoms with Crippen molar-refractivity contribution in [3.8, 4) is 0 Å². The molecule has 0 saturated carbocycles. The van der Waals surface area contributed by atoms with Crippen LogP contribution in [-0.4, -0.2) is 11.7 Å². The van der Waals surface area contributed by atoms with Gasteiger partial charge in [0.2, 0.25) is 0 Å². The van der Waals surface area contributed by atoms with Crippen LogP contribution in [0.5, 0.6) is 0 Å². The lowest BCUT2D eigenvalue weighted by atomic mass is 10.4. The molecule has 0 aliphatic rings. The molecule has 3 heteroatoms. The number of carbonyl (C=O) groups excluding carboxylic acids is 1. The molecule has 40 valence electrons. The highest BCUT2D eigenvalue weighted by atomic mass is 35.5. The molecule has 0 aliphatic carbocycles. The van der Waals surface area contributed by atoms with E-state index in [2.05, 4.69) is 6.58 Å². The third kappa shape index (κ3) is 2.66. The predicted octanol–water partition coefficient (Wildman–Crippen LogP) is 1.55. The monoisotopic (exact) mass is 138 g/mol. The standard InChI is InChI=1S/C4H4Cl2O/c1-3(6)4(7)2-5/h1-2H2. The molecule has 1 nitrogen and oxygen atoms in total. The minimum Gasteiger partial charge on any atom is -0.292 e. The van der Waals surface area contributed by atoms with E-state index in [-0.39, 0.29) is 16.7 Å². The Morgan fingerprint density at radius 3 is 2.14 bits per heavy atom. The molecule has 0 N–H and O–H groups in total. The fourth-order valence-corrected chi connectivity index (χ4v) is 0.369. The molecule has 0 rings (SSSR count). The van der Waals surface area contributed by atoms with Crippen LogP contribution < -0.4 is 0 Å². The Morgan fingerprint density at radius 1 is 1.71 bits per heavy atom. The van der Waals surface area contributed by atoms with Crippen LogP contribution in [0.3, 0.4) is 0 Å². The van der Waals surface area contributed by atoms with Crippen molar-refractivity contribution < 1.29 is 4.79 Å². The van der Waals surface area contributed by atoms with Gasteiger partial charge in [-0.2, -0.15) is 0 Å². The van der Waals surface area contributed by atoms with Crippen LogP contribution in [0.1, 0.15) is 0 Å². The topological polar surface area (TPSA) is 17.1 Å². The van der Waals surface area contributed by atoms with Gasteiger partial charge in [-0.3, -0.25) is 4.79 Å². The fraction of sp³-hybridized carbons (Fsp3) is 0.250. The fourth-order valence-electron chi connectivity index (χ4n) is 0.0725. The molecular formula is C4H4Cl2O. The van der Waals surface area contributed by atoms with Crippen molar-refractivity contribution in [1.29, 1.82) is 0 Å². The average Bonchev–Trinajstić information content (AvgIpc) is 1.65. The van der Waals surface area contributed by atoms with E-state index < -0.39 is 0 Å². The van der Waals surface area contributed by atoms with Crippen LogP contribution in [0.15, 0.2) is 11.6 Å². The van der Waals surface area contributed by atoms with Crippen LogP contribution in [-0.2, 0) is 4.79 Å². The molecular weight excluding hydrogens is 135 g/mol. The number of alkyl halides is 1. The van der Waals surface area contributed by atoms with Crippen molar-refractivity contribution >= 4 is 29.0 Å². The first kappa shape index (κ1) is 6.99. The second kappa shape index (κ2) is 3.05. The van der Waals surface area contributed by atoms with E-state index >= 15 is 0 Å². The van der Waals surface area contributed by atoms with Gasteiger partial charge in [0.15, 0.2) is 5.78 Å². The summed E-state index contributed by atoms with van der Waals surface area (Å²) < 4.78 is 0. The predicted molar refractivity (Wildman–Crippen MR) is 30.7 cm³/mol. The number of Topliss-reactive ketones (excluding diaryl/α,β-unsaturated/α-hetero) is 1. The van der Waals surface area contributed by atoms with Crippen molar-refractivity contribution in [2.24, 2.45) is 0 Å². The highest BCUT2D eigenvalue weighted by Gasteiger charge is 1.98. The zero-order chi connectivity index (χ0) is 5.86. The SMILES string of the molecule is C=C(Cl)C(=O)CCl. The van der Waals surface area contributed by atoms with Gasteiger partial charge in [-0.05, 0) is 0 Å². The van der Waals surface area contributed by atoms with Gasteiger partial charge in [-0.1, -0.05) is 18.2 Å². The molecule has 0 heterocycles. The molecule has 0 aromatic rings. The van der Waals surface area contributed by atoms with E-state index in [0.29, 0.717) is 0 Å². The summed E-state index contributed by atoms with van der Waals surface area (Å²) in [6.45, 7) is 3.16. The zero-order valence-electron chi connectivity index (χ0n) is 3.58. The van der Waals surface area contributed by atoms with Crippen LogP contribution in [0, 0.1) is 0 Å². The zero-order valence-corrected chi connectivity index (χ0v) is 5.09. The van der Waals surface area contributed by atoms with Crippen LogP contribution in [0.4, 0.5) is 0 Å². The van der Waals surface area contributed by atoms with E-state index in [9.17, 15) is 4.79 Å². The Morgan fingerprint density at radius 2 is 2.14 bits per heavy atom. The van der Waals surface area contributed by atoms with Crippen molar-refractivity contribution in [3.05, 3.63) is 11.6 Å². The molecule has 0 radical (unpaired) electrons. The molecule has 0 unspecified atom stereocenters. The average molecular weight is 139 g/mol. The summed E-state index contributed by atoms with van der Waals surface area (Å²) in [5, 5.41) is -0.00463. The van der Waals surface area contributed by atoms with E-state index in [1.54, 1.807) is 0 Å². The molecule has 0 atom stereocenters. The van der Waals surface area contributed by atoms with Crippen molar-refractivity contribution in [2.75, 3.05) is 5.88 Å². The number of carbonyl (C=O) groups is 1. The van der Waals surface area contributed by atoms with Crippen molar-refractivity contribution in [3.63, 3.8) is 0 Å². The van der Waals surface area contributed by atoms with Gasteiger partial charge in [0.1, 0.15) is 0 Å². The minimum atomic E-state index is -0.316. The molecule has 0 aliphatic heterocycles. The Labute approximate surface area is 51.9 Å². The van der Waals surface area contributed by atoms with Gasteiger partial charge in [-0.25, -0.2) is 0 Å². The number of rotatable bonds is 2. The molecule has 7 heavy (non-hydrogen) atoms. The molecule has 0 fully saturated rings. The highest BCUT2D eigenvalue weighted by molar-refractivity contribution is 6.46. The summed E-state index contributed by atoms with van der Waals surface area (Å²) in [4.78, 5) is 10.1. The highest BCUT2D eigenvalue weighted by Crippen LogP contribution is 1.98. The first-order valence-corrected chi connectivity index (χ1v) is 2.53. The normalized spacial score (nSPS) is 8.29. The third-order valence-electron chi connectivity index (χ3n) is 0.424. The Balaban J connectivity index is 3.58. The maximum absolute atomic E-state index is 10.1. The van der Waals surface area contributed by atoms with Gasteiger partial charge in [-0.15, -0.1) is 11.6 Å². The van der Waals surface area contributed by atoms with Crippen LogP contribution in [0.2, 0.25) is 0 Å². The summed E-state index contributed by atoms with van der Waals surface area (Å²) in [7, 11) is 0. The quantitative estimate of drug-likeness (QED) is 0.419. The second-order valence-corrected chi connectivity index (χ2v) is 1.69. The first-order valence-electron chi connectivity index (χ1n) is 1.62. The van der Waals surface area contributed by atoms with Gasteiger partial charge in [0.05, 0.1) is 10.9 Å². The summed E-state index contributed by atoms with van der Waals surface area (Å²) in [6, 6.07) is 0. The van der Waals surface area contributed by atoms with Gasteiger partial charge in [0, 0.05) is 0 Å². The maximum atomic E-state index is 10.1. The number of halogens is 2. The summed E-state index contributed by atoms with van der Waals surface area (Å²) in [6.07, 6.45) is 0. The first-order chi connectivity index (χ1) is 3.18. The molecule has 0 saturated heterocycles. The molecule has 0 bridgehead atoms. The lowest BCUT2D eigenvalue weighted by molar-refractivity contribution is -0.112. The van der Waals surface area contributed by atoms with Crippen LogP contribution in [0.25, 0.3) is 0 Å². The molecule has 0 aromatic carbocycles. The Hall–Kier alpha value is -0.0100. The van der Waals surface area contributed by atoms with E-state index in [1.165, 1.54) is 0 Å². The van der Waals surface area contributed by atoms with Crippen LogP contribution >= 0.6 is 23.2 Å². The number of ketones is 1. The maximum Gasteiger partial charge on any atom is 0.188 e. The third-order valence-corrected chi connectivity index (χ3v) is 0.877. The second-order valence-electron chi connectivity index (χ2n) is 0.962. The van der Waals surface area contributed by atoms with Crippen molar-refractivity contribution in [1.82, 2.24) is 0 Å². The van der Waals surface area contributed by atoms with Gasteiger partial charge < -0.3 is 0 Å². The van der Waals surface area contributed by atoms with E-state index in [0.717, 1.165) is 0 Å². The van der Waals surface area contributed by atoms with Gasteiger partial charge >= 0.3 is 0 Å². The largest absolute Gasteiger partial charge is 0.292 e. The minimum absolute atomic E-state index is 0.00463. The summed E-state index contributed by atoms with van der Waals surface area (Å²) in [5.41, 5.74) is 0.